The molecule has 0 aromatic rings. The largest absolute Gasteiger partial charge is 0.299 e. The molecule has 0 bridgehead atoms. The summed E-state index contributed by atoms with van der Waals surface area (Å²) in [6.07, 6.45) is 4.85. The molecule has 2 fully saturated rings. The molecule has 0 radical (unpaired) electrons. The van der Waals surface area contributed by atoms with Crippen LogP contribution in [0.4, 0.5) is 0 Å². The molecule has 0 aliphatic heterocycles. The van der Waals surface area contributed by atoms with Gasteiger partial charge in [0.1, 0.15) is 11.6 Å². The van der Waals surface area contributed by atoms with Gasteiger partial charge >= 0.3 is 0 Å². The predicted octanol–water partition coefficient (Wildman–Crippen LogP) is 2.61. The van der Waals surface area contributed by atoms with Crippen molar-refractivity contribution in [3.8, 4) is 0 Å². The van der Waals surface area contributed by atoms with Gasteiger partial charge in [0.2, 0.25) is 0 Å². The fraction of sp³-hybridized carbons (Fsp3) is 0.846. The van der Waals surface area contributed by atoms with Gasteiger partial charge in [0.15, 0.2) is 0 Å². The van der Waals surface area contributed by atoms with Gasteiger partial charge in [-0.1, -0.05) is 13.8 Å². The maximum absolute atomic E-state index is 12.0. The third-order valence-corrected chi connectivity index (χ3v) is 3.35. The second kappa shape index (κ2) is 4.07. The molecule has 15 heavy (non-hydrogen) atoms. The van der Waals surface area contributed by atoms with E-state index >= 15 is 0 Å². The van der Waals surface area contributed by atoms with Gasteiger partial charge in [-0.2, -0.15) is 0 Å². The van der Waals surface area contributed by atoms with Crippen LogP contribution in [-0.2, 0) is 9.59 Å². The number of carbonyl (C=O) groups excluding carboxylic acids is 2. The Balaban J connectivity index is 2.00. The summed E-state index contributed by atoms with van der Waals surface area (Å²) in [7, 11) is 0. The highest BCUT2D eigenvalue weighted by molar-refractivity contribution is 6.05. The first-order valence-corrected chi connectivity index (χ1v) is 6.17. The van der Waals surface area contributed by atoms with E-state index in [0.717, 1.165) is 32.1 Å². The SMILES string of the molecule is CC(C)CC(C(=O)C1CC1)C(=O)C1CC1. The topological polar surface area (TPSA) is 34.1 Å². The van der Waals surface area contributed by atoms with E-state index in [4.69, 9.17) is 0 Å². The van der Waals surface area contributed by atoms with Gasteiger partial charge in [0.05, 0.1) is 5.92 Å². The van der Waals surface area contributed by atoms with Gasteiger partial charge in [0.25, 0.3) is 0 Å². The van der Waals surface area contributed by atoms with Crippen LogP contribution in [-0.4, -0.2) is 11.6 Å². The van der Waals surface area contributed by atoms with Crippen LogP contribution in [0, 0.1) is 23.7 Å². The standard InChI is InChI=1S/C13H20O2/c1-8(2)7-11(12(14)9-3-4-9)13(15)10-5-6-10/h8-11H,3-7H2,1-2H3. The van der Waals surface area contributed by atoms with Gasteiger partial charge in [-0.25, -0.2) is 0 Å². The molecule has 2 saturated carbocycles. The number of ketones is 2. The summed E-state index contributed by atoms with van der Waals surface area (Å²) in [5.74, 6) is 1.15. The summed E-state index contributed by atoms with van der Waals surface area (Å²) < 4.78 is 0. The minimum atomic E-state index is -0.259. The molecule has 0 aromatic carbocycles. The van der Waals surface area contributed by atoms with Crippen molar-refractivity contribution >= 4 is 11.6 Å². The predicted molar refractivity (Wildman–Crippen MR) is 58.4 cm³/mol. The lowest BCUT2D eigenvalue weighted by Crippen LogP contribution is -2.28. The van der Waals surface area contributed by atoms with E-state index < -0.39 is 0 Å². The Hall–Kier alpha value is -0.660. The van der Waals surface area contributed by atoms with Crippen molar-refractivity contribution in [1.82, 2.24) is 0 Å². The summed E-state index contributed by atoms with van der Waals surface area (Å²) in [6.45, 7) is 4.18. The Morgan fingerprint density at radius 2 is 1.40 bits per heavy atom. The zero-order valence-electron chi connectivity index (χ0n) is 9.66. The van der Waals surface area contributed by atoms with Crippen LogP contribution >= 0.6 is 0 Å². The van der Waals surface area contributed by atoms with Crippen LogP contribution in [0.15, 0.2) is 0 Å². The lowest BCUT2D eigenvalue weighted by molar-refractivity contribution is -0.134. The van der Waals surface area contributed by atoms with Crippen LogP contribution in [0.3, 0.4) is 0 Å². The highest BCUT2D eigenvalue weighted by atomic mass is 16.2. The Morgan fingerprint density at radius 3 is 1.67 bits per heavy atom. The smallest absolute Gasteiger partial charge is 0.146 e. The third kappa shape index (κ3) is 2.67. The van der Waals surface area contributed by atoms with Crippen LogP contribution in [0.2, 0.25) is 0 Å². The number of Topliss-reactive ketones (excluding diaryl/α,β-unsaturated/α-hetero) is 2. The summed E-state index contributed by atoms with van der Waals surface area (Å²) in [4.78, 5) is 24.0. The van der Waals surface area contributed by atoms with Crippen molar-refractivity contribution in [2.24, 2.45) is 23.7 Å². The van der Waals surface area contributed by atoms with E-state index in [1.165, 1.54) is 0 Å². The minimum absolute atomic E-state index is 0.233. The molecular weight excluding hydrogens is 188 g/mol. The van der Waals surface area contributed by atoms with E-state index in [1.807, 2.05) is 0 Å². The normalized spacial score (nSPS) is 21.1. The van der Waals surface area contributed by atoms with Crippen molar-refractivity contribution < 1.29 is 9.59 Å². The van der Waals surface area contributed by atoms with E-state index in [0.29, 0.717) is 5.92 Å². The average Bonchev–Trinajstić information content (AvgIpc) is 3.05. The summed E-state index contributed by atoms with van der Waals surface area (Å²) in [5, 5.41) is 0. The van der Waals surface area contributed by atoms with E-state index in [9.17, 15) is 9.59 Å². The third-order valence-electron chi connectivity index (χ3n) is 3.35. The number of rotatable bonds is 6. The molecule has 84 valence electrons. The Morgan fingerprint density at radius 1 is 1.00 bits per heavy atom. The first-order chi connectivity index (χ1) is 7.09. The summed E-state index contributed by atoms with van der Waals surface area (Å²) in [6, 6.07) is 0. The monoisotopic (exact) mass is 208 g/mol. The molecule has 0 amide bonds. The average molecular weight is 208 g/mol. The molecule has 0 atom stereocenters. The molecule has 0 unspecified atom stereocenters. The highest BCUT2D eigenvalue weighted by Gasteiger charge is 2.42. The quantitative estimate of drug-likeness (QED) is 0.629. The Kier molecular flexibility index (Phi) is 2.94. The van der Waals surface area contributed by atoms with Gasteiger partial charge < -0.3 is 0 Å². The molecule has 2 aliphatic carbocycles. The van der Waals surface area contributed by atoms with Gasteiger partial charge in [-0.15, -0.1) is 0 Å². The molecule has 0 N–H and O–H groups in total. The van der Waals surface area contributed by atoms with Gasteiger partial charge in [-0.05, 0) is 38.0 Å². The highest BCUT2D eigenvalue weighted by Crippen LogP contribution is 2.39. The number of hydrogen-bond acceptors (Lipinski definition) is 2. The molecule has 0 spiro atoms. The maximum atomic E-state index is 12.0. The first kappa shape index (κ1) is 10.8. The summed E-state index contributed by atoms with van der Waals surface area (Å²) in [5.41, 5.74) is 0. The van der Waals surface area contributed by atoms with Crippen molar-refractivity contribution in [2.75, 3.05) is 0 Å². The lowest BCUT2D eigenvalue weighted by atomic mass is 9.86. The van der Waals surface area contributed by atoms with Crippen molar-refractivity contribution in [3.63, 3.8) is 0 Å². The lowest BCUT2D eigenvalue weighted by Gasteiger charge is -2.16. The molecule has 2 heteroatoms. The molecule has 0 heterocycles. The fourth-order valence-corrected chi connectivity index (χ4v) is 2.15. The fourth-order valence-electron chi connectivity index (χ4n) is 2.15. The molecule has 0 saturated heterocycles. The van der Waals surface area contributed by atoms with Crippen LogP contribution in [0.5, 0.6) is 0 Å². The second-order valence-corrected chi connectivity index (χ2v) is 5.54. The second-order valence-electron chi connectivity index (χ2n) is 5.54. The minimum Gasteiger partial charge on any atom is -0.299 e. The zero-order chi connectivity index (χ0) is 11.0. The molecule has 2 aliphatic rings. The zero-order valence-corrected chi connectivity index (χ0v) is 9.66. The van der Waals surface area contributed by atoms with Gasteiger partial charge in [-0.3, -0.25) is 9.59 Å². The molecule has 0 aromatic heterocycles. The molecule has 2 rings (SSSR count). The molecule has 2 nitrogen and oxygen atoms in total. The maximum Gasteiger partial charge on any atom is 0.146 e. The van der Waals surface area contributed by atoms with Gasteiger partial charge in [0, 0.05) is 11.8 Å². The number of hydrogen-bond donors (Lipinski definition) is 0. The van der Waals surface area contributed by atoms with Crippen molar-refractivity contribution in [3.05, 3.63) is 0 Å². The Labute approximate surface area is 91.4 Å². The summed E-state index contributed by atoms with van der Waals surface area (Å²) >= 11 is 0. The van der Waals surface area contributed by atoms with Crippen LogP contribution in [0.25, 0.3) is 0 Å². The first-order valence-electron chi connectivity index (χ1n) is 6.17. The Bertz CT molecular complexity index is 248. The van der Waals surface area contributed by atoms with Crippen molar-refractivity contribution in [1.29, 1.82) is 0 Å². The van der Waals surface area contributed by atoms with E-state index in [1.54, 1.807) is 0 Å². The van der Waals surface area contributed by atoms with E-state index in [2.05, 4.69) is 13.8 Å². The number of carbonyl (C=O) groups is 2. The van der Waals surface area contributed by atoms with E-state index in [-0.39, 0.29) is 29.3 Å². The van der Waals surface area contributed by atoms with Crippen molar-refractivity contribution in [2.45, 2.75) is 46.0 Å². The molecular formula is C13H20O2. The van der Waals surface area contributed by atoms with Crippen LogP contribution < -0.4 is 0 Å². The van der Waals surface area contributed by atoms with Crippen LogP contribution in [0.1, 0.15) is 46.0 Å².